The van der Waals surface area contributed by atoms with Gasteiger partial charge in [-0.1, -0.05) is 11.6 Å². The molecule has 146 valence electrons. The highest BCUT2D eigenvalue weighted by Crippen LogP contribution is 2.24. The Bertz CT molecular complexity index is 1070. The van der Waals surface area contributed by atoms with Gasteiger partial charge in [0, 0.05) is 27.9 Å². The maximum absolute atomic E-state index is 12.0. The molecule has 1 aromatic heterocycles. The quantitative estimate of drug-likeness (QED) is 0.329. The Kier molecular flexibility index (Phi) is 6.59. The smallest absolute Gasteiger partial charge is 0.250 e. The second-order valence-corrected chi connectivity index (χ2v) is 6.96. The molecule has 0 saturated heterocycles. The Labute approximate surface area is 178 Å². The van der Waals surface area contributed by atoms with E-state index in [1.165, 1.54) is 13.0 Å². The zero-order chi connectivity index (χ0) is 20.8. The van der Waals surface area contributed by atoms with Gasteiger partial charge in [-0.15, -0.1) is 0 Å². The molecule has 3 aromatic rings. The van der Waals surface area contributed by atoms with Crippen LogP contribution in [-0.2, 0) is 4.79 Å². The number of hydrogen-bond donors (Lipinski definition) is 2. The van der Waals surface area contributed by atoms with Crippen LogP contribution < -0.4 is 10.6 Å². The number of thiocarbonyl (C=S) groups is 1. The van der Waals surface area contributed by atoms with Crippen LogP contribution in [0.3, 0.4) is 0 Å². The molecule has 0 unspecified atom stereocenters. The van der Waals surface area contributed by atoms with Crippen molar-refractivity contribution in [2.45, 2.75) is 6.92 Å². The Balaban J connectivity index is 1.54. The normalized spacial score (nSPS) is 10.7. The minimum Gasteiger partial charge on any atom is -0.457 e. The fraction of sp³-hybridized carbons (Fsp3) is 0.0455. The van der Waals surface area contributed by atoms with Gasteiger partial charge in [0.2, 0.25) is 5.91 Å². The maximum atomic E-state index is 12.0. The van der Waals surface area contributed by atoms with Crippen molar-refractivity contribution in [1.29, 1.82) is 0 Å². The first kappa shape index (κ1) is 20.5. The molecule has 5 nitrogen and oxygen atoms in total. The molecule has 7 heteroatoms. The van der Waals surface area contributed by atoms with Crippen LogP contribution in [-0.4, -0.2) is 16.8 Å². The Morgan fingerprint density at radius 3 is 2.34 bits per heavy atom. The van der Waals surface area contributed by atoms with Crippen LogP contribution in [0.25, 0.3) is 17.4 Å². The van der Waals surface area contributed by atoms with Gasteiger partial charge >= 0.3 is 0 Å². The number of anilines is 1. The lowest BCUT2D eigenvalue weighted by atomic mass is 10.1. The number of carbonyl (C=O) groups is 2. The first-order valence-electron chi connectivity index (χ1n) is 8.67. The van der Waals surface area contributed by atoms with Crippen molar-refractivity contribution in [2.75, 3.05) is 5.32 Å². The number of benzene rings is 2. The van der Waals surface area contributed by atoms with Crippen molar-refractivity contribution in [3.8, 4) is 11.3 Å². The van der Waals surface area contributed by atoms with Gasteiger partial charge in [0.25, 0.3) is 0 Å². The summed E-state index contributed by atoms with van der Waals surface area (Å²) in [6.07, 6.45) is 2.89. The molecule has 2 N–H and O–H groups in total. The average molecular weight is 425 g/mol. The van der Waals surface area contributed by atoms with Crippen LogP contribution in [0.1, 0.15) is 23.0 Å². The zero-order valence-corrected chi connectivity index (χ0v) is 17.0. The highest BCUT2D eigenvalue weighted by Gasteiger charge is 2.05. The second kappa shape index (κ2) is 9.32. The van der Waals surface area contributed by atoms with Crippen molar-refractivity contribution < 1.29 is 14.0 Å². The van der Waals surface area contributed by atoms with E-state index in [4.69, 9.17) is 28.2 Å². The summed E-state index contributed by atoms with van der Waals surface area (Å²) >= 11 is 11.0. The van der Waals surface area contributed by atoms with Crippen molar-refractivity contribution in [3.63, 3.8) is 0 Å². The monoisotopic (exact) mass is 424 g/mol. The largest absolute Gasteiger partial charge is 0.457 e. The van der Waals surface area contributed by atoms with Gasteiger partial charge in [-0.2, -0.15) is 0 Å². The molecule has 1 amide bonds. The molecular formula is C22H17ClN2O3S. The SMILES string of the molecule is CC(=O)c1ccc(NC(=S)NC(=O)C=Cc2ccc(-c3ccc(Cl)cc3)o2)cc1. The van der Waals surface area contributed by atoms with Crippen molar-refractivity contribution in [3.05, 3.63) is 83.1 Å². The van der Waals surface area contributed by atoms with E-state index in [-0.39, 0.29) is 10.9 Å². The Hall–Kier alpha value is -3.22. The van der Waals surface area contributed by atoms with Gasteiger partial charge in [-0.25, -0.2) is 0 Å². The summed E-state index contributed by atoms with van der Waals surface area (Å²) in [6.45, 7) is 1.50. The number of hydrogen-bond acceptors (Lipinski definition) is 4. The third-order valence-electron chi connectivity index (χ3n) is 3.94. The van der Waals surface area contributed by atoms with E-state index in [2.05, 4.69) is 10.6 Å². The number of ketones is 1. The van der Waals surface area contributed by atoms with Gasteiger partial charge < -0.3 is 9.73 Å². The van der Waals surface area contributed by atoms with Crippen LogP contribution in [0.15, 0.2) is 71.2 Å². The zero-order valence-electron chi connectivity index (χ0n) is 15.4. The molecule has 0 bridgehead atoms. The third kappa shape index (κ3) is 5.88. The molecular weight excluding hydrogens is 408 g/mol. The second-order valence-electron chi connectivity index (χ2n) is 6.12. The summed E-state index contributed by atoms with van der Waals surface area (Å²) in [4.78, 5) is 23.3. The molecule has 2 aromatic carbocycles. The van der Waals surface area contributed by atoms with Crippen molar-refractivity contribution >= 4 is 52.4 Å². The van der Waals surface area contributed by atoms with Crippen LogP contribution in [0.5, 0.6) is 0 Å². The molecule has 0 aliphatic rings. The lowest BCUT2D eigenvalue weighted by Gasteiger charge is -2.08. The van der Waals surface area contributed by atoms with Gasteiger partial charge in [0.15, 0.2) is 10.9 Å². The van der Waals surface area contributed by atoms with Crippen molar-refractivity contribution in [1.82, 2.24) is 5.32 Å². The van der Waals surface area contributed by atoms with Crippen LogP contribution >= 0.6 is 23.8 Å². The molecule has 0 aliphatic heterocycles. The fourth-order valence-electron chi connectivity index (χ4n) is 2.47. The predicted octanol–water partition coefficient (Wildman–Crippen LogP) is 5.33. The van der Waals surface area contributed by atoms with Gasteiger partial charge in [0.05, 0.1) is 0 Å². The minimum absolute atomic E-state index is 0.0188. The van der Waals surface area contributed by atoms with E-state index in [1.807, 2.05) is 18.2 Å². The van der Waals surface area contributed by atoms with Gasteiger partial charge in [-0.3, -0.25) is 14.9 Å². The van der Waals surface area contributed by atoms with Crippen LogP contribution in [0.4, 0.5) is 5.69 Å². The molecule has 29 heavy (non-hydrogen) atoms. The van der Waals surface area contributed by atoms with E-state index >= 15 is 0 Å². The number of nitrogens with one attached hydrogen (secondary N) is 2. The Morgan fingerprint density at radius 2 is 1.69 bits per heavy atom. The number of halogens is 1. The highest BCUT2D eigenvalue weighted by atomic mass is 35.5. The van der Waals surface area contributed by atoms with E-state index < -0.39 is 5.91 Å². The first-order valence-corrected chi connectivity index (χ1v) is 9.46. The van der Waals surface area contributed by atoms with Crippen LogP contribution in [0.2, 0.25) is 5.02 Å². The number of furan rings is 1. The first-order chi connectivity index (χ1) is 13.9. The van der Waals surface area contributed by atoms with E-state index in [9.17, 15) is 9.59 Å². The average Bonchev–Trinajstić information content (AvgIpc) is 3.16. The lowest BCUT2D eigenvalue weighted by molar-refractivity contribution is -0.115. The molecule has 1 heterocycles. The summed E-state index contributed by atoms with van der Waals surface area (Å²) in [5.41, 5.74) is 2.16. The van der Waals surface area contributed by atoms with E-state index in [0.717, 1.165) is 5.56 Å². The number of carbonyl (C=O) groups excluding carboxylic acids is 2. The standard InChI is InChI=1S/C22H17ClN2O3S/c1-14(26)15-4-8-18(9-5-15)24-22(29)25-21(27)13-11-19-10-12-20(28-19)16-2-6-17(23)7-3-16/h2-13H,1H3,(H2,24,25,27,29). The molecule has 0 spiro atoms. The molecule has 0 atom stereocenters. The van der Waals surface area contributed by atoms with E-state index in [0.29, 0.717) is 27.8 Å². The summed E-state index contributed by atoms with van der Waals surface area (Å²) < 4.78 is 5.71. The predicted molar refractivity (Wildman–Crippen MR) is 119 cm³/mol. The number of Topliss-reactive ketones (excluding diaryl/α,β-unsaturated/α-hetero) is 1. The van der Waals surface area contributed by atoms with Crippen molar-refractivity contribution in [2.24, 2.45) is 0 Å². The molecule has 0 saturated carbocycles. The fourth-order valence-corrected chi connectivity index (χ4v) is 2.82. The maximum Gasteiger partial charge on any atom is 0.250 e. The van der Waals surface area contributed by atoms with E-state index in [1.54, 1.807) is 48.5 Å². The summed E-state index contributed by atoms with van der Waals surface area (Å²) in [5.74, 6) is 0.790. The topological polar surface area (TPSA) is 71.3 Å². The number of rotatable bonds is 5. The lowest BCUT2D eigenvalue weighted by Crippen LogP contribution is -2.32. The molecule has 0 radical (unpaired) electrons. The summed E-state index contributed by atoms with van der Waals surface area (Å²) in [6, 6.07) is 17.7. The highest BCUT2D eigenvalue weighted by molar-refractivity contribution is 7.80. The Morgan fingerprint density at radius 1 is 1.00 bits per heavy atom. The van der Waals surface area contributed by atoms with Gasteiger partial charge in [0.1, 0.15) is 11.5 Å². The summed E-state index contributed by atoms with van der Waals surface area (Å²) in [7, 11) is 0. The molecule has 3 rings (SSSR count). The van der Waals surface area contributed by atoms with Gasteiger partial charge in [-0.05, 0) is 85.9 Å². The molecule has 0 fully saturated rings. The third-order valence-corrected chi connectivity index (χ3v) is 4.40. The minimum atomic E-state index is -0.396. The van der Waals surface area contributed by atoms with Crippen LogP contribution in [0, 0.1) is 0 Å². The summed E-state index contributed by atoms with van der Waals surface area (Å²) in [5, 5.41) is 6.24. The molecule has 0 aliphatic carbocycles. The number of amides is 1.